The van der Waals surface area contributed by atoms with E-state index in [9.17, 15) is 4.79 Å². The Morgan fingerprint density at radius 3 is 2.81 bits per heavy atom. The van der Waals surface area contributed by atoms with Crippen molar-refractivity contribution in [1.82, 2.24) is 5.16 Å². The monoisotopic (exact) mass is 325 g/mol. The normalized spacial score (nSPS) is 10.2. The second-order valence-corrected chi connectivity index (χ2v) is 5.75. The van der Waals surface area contributed by atoms with Crippen LogP contribution in [0.4, 0.5) is 10.8 Å². The van der Waals surface area contributed by atoms with E-state index in [1.54, 1.807) is 13.0 Å². The number of aromatic nitrogens is 1. The number of anilines is 2. The first-order valence-electron chi connectivity index (χ1n) is 6.25. The van der Waals surface area contributed by atoms with Crippen molar-refractivity contribution < 1.29 is 14.1 Å². The maximum atomic E-state index is 11.8. The number of ether oxygens (including phenoxy) is 1. The van der Waals surface area contributed by atoms with Gasteiger partial charge in [0, 0.05) is 10.9 Å². The fourth-order valence-corrected chi connectivity index (χ4v) is 2.91. The molecule has 0 aromatic carbocycles. The summed E-state index contributed by atoms with van der Waals surface area (Å²) in [6.07, 6.45) is 0.832. The summed E-state index contributed by atoms with van der Waals surface area (Å²) < 4.78 is 9.72. The maximum absolute atomic E-state index is 11.8. The largest absolute Gasteiger partial charge is 0.465 e. The topological polar surface area (TPSA) is 76.4 Å². The first-order valence-corrected chi connectivity index (χ1v) is 7.48. The van der Waals surface area contributed by atoms with Gasteiger partial charge < -0.3 is 19.9 Å². The van der Waals surface area contributed by atoms with Crippen molar-refractivity contribution in [3.05, 3.63) is 28.3 Å². The molecule has 0 unspecified atom stereocenters. The molecule has 0 bridgehead atoms. The van der Waals surface area contributed by atoms with Crippen LogP contribution in [-0.2, 0) is 11.2 Å². The Bertz CT molecular complexity index is 663. The van der Waals surface area contributed by atoms with Gasteiger partial charge in [0.25, 0.3) is 0 Å². The highest BCUT2D eigenvalue weighted by Crippen LogP contribution is 2.29. The van der Waals surface area contributed by atoms with Crippen LogP contribution in [0.5, 0.6) is 0 Å². The SMILES string of the molecule is CCc1cc(C(=O)OC)c(NC(=S)Nc2cc(C)on2)s1. The van der Waals surface area contributed by atoms with E-state index < -0.39 is 5.97 Å². The number of thiocarbonyl (C=S) groups is 1. The molecule has 2 aromatic heterocycles. The molecule has 21 heavy (non-hydrogen) atoms. The summed E-state index contributed by atoms with van der Waals surface area (Å²) in [7, 11) is 1.35. The van der Waals surface area contributed by atoms with Crippen LogP contribution < -0.4 is 10.6 Å². The fraction of sp³-hybridized carbons (Fsp3) is 0.308. The minimum atomic E-state index is -0.395. The summed E-state index contributed by atoms with van der Waals surface area (Å²) in [6, 6.07) is 3.53. The molecule has 0 fully saturated rings. The number of methoxy groups -OCH3 is 1. The number of hydrogen-bond acceptors (Lipinski definition) is 6. The van der Waals surface area contributed by atoms with Crippen molar-refractivity contribution >= 4 is 45.5 Å². The van der Waals surface area contributed by atoms with Gasteiger partial charge >= 0.3 is 5.97 Å². The van der Waals surface area contributed by atoms with Crippen LogP contribution >= 0.6 is 23.6 Å². The minimum Gasteiger partial charge on any atom is -0.465 e. The zero-order valence-electron chi connectivity index (χ0n) is 11.9. The molecule has 0 aliphatic heterocycles. The van der Waals surface area contributed by atoms with Crippen LogP contribution in [-0.4, -0.2) is 23.3 Å². The number of esters is 1. The summed E-state index contributed by atoms with van der Waals surface area (Å²) in [5.41, 5.74) is 0.472. The van der Waals surface area contributed by atoms with Gasteiger partial charge in [0.05, 0.1) is 12.7 Å². The molecule has 8 heteroatoms. The zero-order chi connectivity index (χ0) is 15.4. The summed E-state index contributed by atoms with van der Waals surface area (Å²) in [5.74, 6) is 0.797. The Balaban J connectivity index is 2.12. The van der Waals surface area contributed by atoms with Crippen LogP contribution in [0, 0.1) is 6.92 Å². The molecular weight excluding hydrogens is 310 g/mol. The third-order valence-corrected chi connectivity index (χ3v) is 4.03. The number of nitrogens with zero attached hydrogens (tertiary/aromatic N) is 1. The Labute approximate surface area is 131 Å². The standard InChI is InChI=1S/C13H15N3O3S2/c1-4-8-6-9(12(17)18-3)11(21-8)15-13(20)14-10-5-7(2)19-16-10/h5-6H,4H2,1-3H3,(H2,14,15,16,20). The first-order chi connectivity index (χ1) is 10.0. The van der Waals surface area contributed by atoms with Crippen molar-refractivity contribution in [3.63, 3.8) is 0 Å². The van der Waals surface area contributed by atoms with E-state index in [2.05, 4.69) is 15.8 Å². The van der Waals surface area contributed by atoms with Gasteiger partial charge in [-0.15, -0.1) is 11.3 Å². The molecule has 112 valence electrons. The lowest BCUT2D eigenvalue weighted by Gasteiger charge is -2.07. The van der Waals surface area contributed by atoms with E-state index in [1.165, 1.54) is 18.4 Å². The molecule has 0 atom stereocenters. The maximum Gasteiger partial charge on any atom is 0.340 e. The molecule has 0 radical (unpaired) electrons. The fourth-order valence-electron chi connectivity index (χ4n) is 1.65. The van der Waals surface area contributed by atoms with Gasteiger partial charge in [0.15, 0.2) is 10.9 Å². The van der Waals surface area contributed by atoms with Gasteiger partial charge in [0.2, 0.25) is 0 Å². The van der Waals surface area contributed by atoms with E-state index >= 15 is 0 Å². The molecule has 2 aromatic rings. The summed E-state index contributed by atoms with van der Waals surface area (Å²) >= 11 is 6.67. The van der Waals surface area contributed by atoms with Gasteiger partial charge in [0.1, 0.15) is 10.8 Å². The van der Waals surface area contributed by atoms with Gasteiger partial charge in [-0.05, 0) is 31.6 Å². The first kappa shape index (κ1) is 15.5. The quantitative estimate of drug-likeness (QED) is 0.660. The van der Waals surface area contributed by atoms with Crippen molar-refractivity contribution in [3.8, 4) is 0 Å². The molecule has 2 N–H and O–H groups in total. The van der Waals surface area contributed by atoms with Gasteiger partial charge in [-0.2, -0.15) is 0 Å². The Kier molecular flexibility index (Phi) is 4.92. The highest BCUT2D eigenvalue weighted by Gasteiger charge is 2.17. The molecule has 6 nitrogen and oxygen atoms in total. The summed E-state index contributed by atoms with van der Waals surface area (Å²) in [5, 5.41) is 10.7. The lowest BCUT2D eigenvalue weighted by Crippen LogP contribution is -2.20. The van der Waals surface area contributed by atoms with Crippen molar-refractivity contribution in [2.75, 3.05) is 17.7 Å². The van der Waals surface area contributed by atoms with E-state index in [1.807, 2.05) is 13.0 Å². The van der Waals surface area contributed by atoms with E-state index in [4.69, 9.17) is 21.5 Å². The molecule has 0 spiro atoms. The van der Waals surface area contributed by atoms with Crippen LogP contribution in [0.3, 0.4) is 0 Å². The number of nitrogens with one attached hydrogen (secondary N) is 2. The predicted octanol–water partition coefficient (Wildman–Crippen LogP) is 3.20. The molecule has 2 rings (SSSR count). The molecule has 0 aliphatic rings. The van der Waals surface area contributed by atoms with E-state index in [0.29, 0.717) is 27.3 Å². The summed E-state index contributed by atoms with van der Waals surface area (Å²) in [6.45, 7) is 3.81. The molecule has 0 saturated heterocycles. The van der Waals surface area contributed by atoms with E-state index in [-0.39, 0.29) is 0 Å². The number of carbonyl (C=O) groups is 1. The third kappa shape index (κ3) is 3.79. The number of rotatable bonds is 4. The molecule has 0 saturated carbocycles. The van der Waals surface area contributed by atoms with Crippen molar-refractivity contribution in [2.24, 2.45) is 0 Å². The lowest BCUT2D eigenvalue weighted by molar-refractivity contribution is 0.0602. The number of carbonyl (C=O) groups excluding carboxylic acids is 1. The Morgan fingerprint density at radius 1 is 1.48 bits per heavy atom. The average molecular weight is 325 g/mol. The van der Waals surface area contributed by atoms with Gasteiger partial charge in [-0.3, -0.25) is 0 Å². The third-order valence-electron chi connectivity index (χ3n) is 2.63. The molecular formula is C13H15N3O3S2. The second-order valence-electron chi connectivity index (χ2n) is 4.20. The predicted molar refractivity (Wildman–Crippen MR) is 86.1 cm³/mol. The zero-order valence-corrected chi connectivity index (χ0v) is 13.5. The molecule has 0 amide bonds. The van der Waals surface area contributed by atoms with Crippen LogP contribution in [0.2, 0.25) is 0 Å². The van der Waals surface area contributed by atoms with Crippen molar-refractivity contribution in [1.29, 1.82) is 0 Å². The molecule has 2 heterocycles. The summed E-state index contributed by atoms with van der Waals surface area (Å²) in [4.78, 5) is 12.8. The van der Waals surface area contributed by atoms with Gasteiger partial charge in [-0.1, -0.05) is 12.1 Å². The van der Waals surface area contributed by atoms with Crippen LogP contribution in [0.25, 0.3) is 0 Å². The second kappa shape index (κ2) is 6.68. The highest BCUT2D eigenvalue weighted by molar-refractivity contribution is 7.80. The number of hydrogen-bond donors (Lipinski definition) is 2. The van der Waals surface area contributed by atoms with Crippen molar-refractivity contribution in [2.45, 2.75) is 20.3 Å². The number of aryl methyl sites for hydroxylation is 2. The lowest BCUT2D eigenvalue weighted by atomic mass is 10.2. The average Bonchev–Trinajstić information content (AvgIpc) is 3.04. The van der Waals surface area contributed by atoms with Gasteiger partial charge in [-0.25, -0.2) is 4.79 Å². The van der Waals surface area contributed by atoms with Crippen LogP contribution in [0.15, 0.2) is 16.7 Å². The van der Waals surface area contributed by atoms with Crippen LogP contribution in [0.1, 0.15) is 27.9 Å². The minimum absolute atomic E-state index is 0.331. The Hall–Kier alpha value is -1.93. The van der Waals surface area contributed by atoms with E-state index in [0.717, 1.165) is 11.3 Å². The number of thiophene rings is 1. The molecule has 0 aliphatic carbocycles. The Morgan fingerprint density at radius 2 is 2.24 bits per heavy atom. The highest BCUT2D eigenvalue weighted by atomic mass is 32.1. The smallest absolute Gasteiger partial charge is 0.340 e.